The Bertz CT molecular complexity index is 1200. The average molecular weight is 639 g/mol. The molecule has 0 radical (unpaired) electrons. The minimum Gasteiger partial charge on any atom is -0.457 e. The summed E-state index contributed by atoms with van der Waals surface area (Å²) in [5, 5.41) is 22.1. The average Bonchev–Trinajstić information content (AvgIpc) is 3.34. The highest BCUT2D eigenvalue weighted by molar-refractivity contribution is 5.70. The number of nitrogens with zero attached hydrogens (tertiary/aromatic N) is 4. The van der Waals surface area contributed by atoms with Gasteiger partial charge in [0.1, 0.15) is 11.7 Å². The second-order valence-electron chi connectivity index (χ2n) is 13.6. The largest absolute Gasteiger partial charge is 0.457 e. The molecule has 10 heteroatoms. The SMILES string of the molecule is C/C(=C\C=C\C(C)c1cnccn1)[C@H]1OC(=O)C[C@@H](O)CC[C@](C)(O)[C@@H](OC(=O)N2CCN(C3CCCCCC3)CC2)/C=C/[C@@H]1C. The molecule has 2 aliphatic heterocycles. The van der Waals surface area contributed by atoms with Crippen LogP contribution < -0.4 is 0 Å². The van der Waals surface area contributed by atoms with Crippen molar-refractivity contribution in [1.29, 1.82) is 0 Å². The van der Waals surface area contributed by atoms with Gasteiger partial charge >= 0.3 is 12.1 Å². The number of aliphatic hydroxyl groups excluding tert-OH is 1. The van der Waals surface area contributed by atoms with Gasteiger partial charge in [-0.15, -0.1) is 0 Å². The highest BCUT2D eigenvalue weighted by atomic mass is 16.6. The van der Waals surface area contributed by atoms with Crippen LogP contribution in [0.2, 0.25) is 0 Å². The molecule has 1 saturated heterocycles. The number of aliphatic hydroxyl groups is 2. The molecule has 1 amide bonds. The number of carbonyl (C=O) groups is 2. The van der Waals surface area contributed by atoms with Gasteiger partial charge in [-0.3, -0.25) is 19.7 Å². The van der Waals surface area contributed by atoms with Gasteiger partial charge in [-0.1, -0.05) is 63.8 Å². The molecule has 10 nitrogen and oxygen atoms in total. The first kappa shape index (κ1) is 35.8. The van der Waals surface area contributed by atoms with E-state index in [2.05, 4.69) is 14.9 Å². The van der Waals surface area contributed by atoms with Crippen LogP contribution in [0.25, 0.3) is 0 Å². The van der Waals surface area contributed by atoms with Gasteiger partial charge in [0.15, 0.2) is 6.10 Å². The van der Waals surface area contributed by atoms with Crippen molar-refractivity contribution in [1.82, 2.24) is 19.8 Å². The highest BCUT2D eigenvalue weighted by Crippen LogP contribution is 2.28. The zero-order valence-corrected chi connectivity index (χ0v) is 28.1. The quantitative estimate of drug-likeness (QED) is 0.184. The van der Waals surface area contributed by atoms with Crippen molar-refractivity contribution in [3.05, 3.63) is 60.2 Å². The molecular weight excluding hydrogens is 584 g/mol. The number of amides is 1. The summed E-state index contributed by atoms with van der Waals surface area (Å²) in [6.07, 6.45) is 19.1. The van der Waals surface area contributed by atoms with Gasteiger partial charge in [-0.25, -0.2) is 4.79 Å². The van der Waals surface area contributed by atoms with E-state index in [1.165, 1.54) is 38.5 Å². The number of hydrogen-bond donors (Lipinski definition) is 2. The number of rotatable bonds is 6. The second-order valence-corrected chi connectivity index (χ2v) is 13.6. The topological polar surface area (TPSA) is 125 Å². The smallest absolute Gasteiger partial charge is 0.410 e. The fourth-order valence-corrected chi connectivity index (χ4v) is 6.64. The Hall–Kier alpha value is -3.08. The van der Waals surface area contributed by atoms with Crippen molar-refractivity contribution in [3.8, 4) is 0 Å². The third-order valence-corrected chi connectivity index (χ3v) is 9.72. The van der Waals surface area contributed by atoms with Crippen LogP contribution in [-0.2, 0) is 14.3 Å². The third-order valence-electron chi connectivity index (χ3n) is 9.72. The number of cyclic esters (lactones) is 1. The molecule has 1 saturated carbocycles. The summed E-state index contributed by atoms with van der Waals surface area (Å²) in [6, 6.07) is 0.597. The van der Waals surface area contributed by atoms with Crippen molar-refractivity contribution in [3.63, 3.8) is 0 Å². The van der Waals surface area contributed by atoms with E-state index in [-0.39, 0.29) is 31.1 Å². The Morgan fingerprint density at radius 3 is 2.50 bits per heavy atom. The van der Waals surface area contributed by atoms with Crippen molar-refractivity contribution >= 4 is 12.1 Å². The Kier molecular flexibility index (Phi) is 13.4. The van der Waals surface area contributed by atoms with Crippen LogP contribution in [0.4, 0.5) is 4.79 Å². The summed E-state index contributed by atoms with van der Waals surface area (Å²) in [4.78, 5) is 39.0. The molecule has 4 rings (SSSR count). The molecule has 3 aliphatic rings. The molecule has 6 atom stereocenters. The fourth-order valence-electron chi connectivity index (χ4n) is 6.64. The van der Waals surface area contributed by atoms with E-state index in [0.29, 0.717) is 19.1 Å². The molecule has 1 aliphatic carbocycles. The number of allylic oxidation sites excluding steroid dienone is 3. The van der Waals surface area contributed by atoms with E-state index in [4.69, 9.17) is 9.47 Å². The molecule has 0 aromatic carbocycles. The van der Waals surface area contributed by atoms with Crippen LogP contribution in [0.1, 0.15) is 97.1 Å². The van der Waals surface area contributed by atoms with Crippen molar-refractivity contribution < 1.29 is 29.3 Å². The minimum atomic E-state index is -1.45. The van der Waals surface area contributed by atoms with Crippen LogP contribution in [0.5, 0.6) is 0 Å². The van der Waals surface area contributed by atoms with Crippen LogP contribution in [0, 0.1) is 5.92 Å². The second kappa shape index (κ2) is 17.2. The van der Waals surface area contributed by atoms with Gasteiger partial charge in [0, 0.05) is 62.6 Å². The summed E-state index contributed by atoms with van der Waals surface area (Å²) >= 11 is 0. The third kappa shape index (κ3) is 10.5. The van der Waals surface area contributed by atoms with E-state index in [1.54, 1.807) is 36.5 Å². The molecule has 254 valence electrons. The van der Waals surface area contributed by atoms with Gasteiger partial charge in [-0.2, -0.15) is 0 Å². The summed E-state index contributed by atoms with van der Waals surface area (Å²) in [5.74, 6) is -0.766. The lowest BCUT2D eigenvalue weighted by Crippen LogP contribution is -2.53. The Morgan fingerprint density at radius 2 is 1.83 bits per heavy atom. The maximum atomic E-state index is 13.4. The first-order chi connectivity index (χ1) is 22.0. The molecule has 2 N–H and O–H groups in total. The number of hydrogen-bond acceptors (Lipinski definition) is 9. The number of ether oxygens (including phenoxy) is 2. The number of esters is 1. The lowest BCUT2D eigenvalue weighted by atomic mass is 9.88. The molecule has 1 aromatic rings. The summed E-state index contributed by atoms with van der Waals surface area (Å²) < 4.78 is 11.9. The van der Waals surface area contributed by atoms with Crippen LogP contribution in [0.3, 0.4) is 0 Å². The van der Waals surface area contributed by atoms with Gasteiger partial charge < -0.3 is 24.6 Å². The number of piperazine rings is 1. The molecule has 2 fully saturated rings. The molecule has 1 aromatic heterocycles. The van der Waals surface area contributed by atoms with E-state index in [9.17, 15) is 19.8 Å². The van der Waals surface area contributed by atoms with Gasteiger partial charge in [-0.05, 0) is 51.2 Å². The minimum absolute atomic E-state index is 0.0431. The number of aromatic nitrogens is 2. The summed E-state index contributed by atoms with van der Waals surface area (Å²) in [7, 11) is 0. The summed E-state index contributed by atoms with van der Waals surface area (Å²) in [5.41, 5.74) is 0.214. The zero-order chi connectivity index (χ0) is 33.1. The van der Waals surface area contributed by atoms with E-state index in [0.717, 1.165) is 24.4 Å². The normalized spacial score (nSPS) is 31.3. The standard InChI is InChI=1S/C36H54N4O6/c1-26(31-25-37-18-19-38-31)10-9-11-27(2)34-28(3)14-15-32(36(4,44)17-16-30(41)24-33(42)46-34)45-35(43)40-22-20-39(21-23-40)29-12-7-5-6-8-13-29/h9-11,14-15,18-19,25-26,28-30,32,34,41,44H,5-8,12-13,16-17,20-24H2,1-4H3/b10-9+,15-14+,27-11+/t26?,28-,30-,32-,34+,36-/m0/s1. The summed E-state index contributed by atoms with van der Waals surface area (Å²) in [6.45, 7) is 10.3. The Morgan fingerprint density at radius 1 is 1.11 bits per heavy atom. The Labute approximate surface area is 274 Å². The predicted octanol–water partition coefficient (Wildman–Crippen LogP) is 5.33. The highest BCUT2D eigenvalue weighted by Gasteiger charge is 2.37. The van der Waals surface area contributed by atoms with Crippen molar-refractivity contribution in [2.75, 3.05) is 26.2 Å². The van der Waals surface area contributed by atoms with E-state index >= 15 is 0 Å². The van der Waals surface area contributed by atoms with Gasteiger partial charge in [0.2, 0.25) is 0 Å². The maximum absolute atomic E-state index is 13.4. The molecule has 1 unspecified atom stereocenters. The van der Waals surface area contributed by atoms with Crippen molar-refractivity contribution in [2.24, 2.45) is 5.92 Å². The Balaban J connectivity index is 1.45. The number of carbonyl (C=O) groups excluding carboxylic acids is 2. The first-order valence-corrected chi connectivity index (χ1v) is 17.1. The molecule has 3 heterocycles. The lowest BCUT2D eigenvalue weighted by Gasteiger charge is -2.40. The van der Waals surface area contributed by atoms with Crippen LogP contribution in [0.15, 0.2) is 54.5 Å². The molecular formula is C36H54N4O6. The first-order valence-electron chi connectivity index (χ1n) is 17.1. The predicted molar refractivity (Wildman–Crippen MR) is 177 cm³/mol. The van der Waals surface area contributed by atoms with E-state index in [1.807, 2.05) is 45.1 Å². The van der Waals surface area contributed by atoms with Crippen LogP contribution in [-0.4, -0.2) is 98.2 Å². The maximum Gasteiger partial charge on any atom is 0.410 e. The van der Waals surface area contributed by atoms with Gasteiger partial charge in [0.25, 0.3) is 0 Å². The monoisotopic (exact) mass is 638 g/mol. The lowest BCUT2D eigenvalue weighted by molar-refractivity contribution is -0.151. The zero-order valence-electron chi connectivity index (χ0n) is 28.1. The van der Waals surface area contributed by atoms with Crippen LogP contribution >= 0.6 is 0 Å². The molecule has 46 heavy (non-hydrogen) atoms. The van der Waals surface area contributed by atoms with Crippen molar-refractivity contribution in [2.45, 2.75) is 121 Å². The fraction of sp³-hybridized carbons (Fsp3) is 0.667. The molecule has 0 spiro atoms. The molecule has 0 bridgehead atoms. The van der Waals surface area contributed by atoms with E-state index < -0.39 is 36.0 Å². The van der Waals surface area contributed by atoms with Gasteiger partial charge in [0.05, 0.1) is 18.2 Å².